The largest absolute Gasteiger partial charge is 0.394 e. The van der Waals surface area contributed by atoms with Gasteiger partial charge in [0.15, 0.2) is 0 Å². The molecular weight excluding hydrogens is 627 g/mol. The van der Waals surface area contributed by atoms with Crippen molar-refractivity contribution in [3.63, 3.8) is 0 Å². The summed E-state index contributed by atoms with van der Waals surface area (Å²) in [6.07, 6.45) is 64.9. The van der Waals surface area contributed by atoms with Crippen LogP contribution in [0.15, 0.2) is 122 Å². The molecule has 0 radical (unpaired) electrons. The van der Waals surface area contributed by atoms with Crippen molar-refractivity contribution >= 4 is 5.91 Å². The van der Waals surface area contributed by atoms with Crippen molar-refractivity contribution in [3.8, 4) is 0 Å². The Bertz CT molecular complexity index is 1070. The molecule has 0 fully saturated rings. The molecule has 4 nitrogen and oxygen atoms in total. The Hall–Kier alpha value is -3.21. The maximum absolute atomic E-state index is 12.2. The molecule has 0 spiro atoms. The zero-order chi connectivity index (χ0) is 37.1. The second kappa shape index (κ2) is 41.2. The first-order chi connectivity index (χ1) is 25.2. The number of carbonyl (C=O) groups is 1. The lowest BCUT2D eigenvalue weighted by Gasteiger charge is -2.19. The Morgan fingerprint density at radius 3 is 1.27 bits per heavy atom. The van der Waals surface area contributed by atoms with Gasteiger partial charge in [0.05, 0.1) is 18.8 Å². The summed E-state index contributed by atoms with van der Waals surface area (Å²) in [7, 11) is 0. The average molecular weight is 702 g/mol. The number of amides is 1. The van der Waals surface area contributed by atoms with Gasteiger partial charge >= 0.3 is 0 Å². The number of hydrogen-bond acceptors (Lipinski definition) is 3. The Kier molecular flexibility index (Phi) is 38.6. The van der Waals surface area contributed by atoms with Crippen molar-refractivity contribution in [1.82, 2.24) is 5.32 Å². The predicted molar refractivity (Wildman–Crippen MR) is 225 cm³/mol. The van der Waals surface area contributed by atoms with Crippen LogP contribution < -0.4 is 5.32 Å². The van der Waals surface area contributed by atoms with Crippen LogP contribution in [0.1, 0.15) is 149 Å². The van der Waals surface area contributed by atoms with Crippen LogP contribution in [0, 0.1) is 0 Å². The van der Waals surface area contributed by atoms with Gasteiger partial charge in [0.25, 0.3) is 0 Å². The van der Waals surface area contributed by atoms with Crippen LogP contribution in [0.5, 0.6) is 0 Å². The normalized spacial score (nSPS) is 14.4. The van der Waals surface area contributed by atoms with Crippen molar-refractivity contribution in [1.29, 1.82) is 0 Å². The minimum Gasteiger partial charge on any atom is -0.394 e. The summed E-state index contributed by atoms with van der Waals surface area (Å²) in [5.41, 5.74) is 0. The summed E-state index contributed by atoms with van der Waals surface area (Å²) < 4.78 is 0. The molecule has 0 saturated heterocycles. The number of carbonyl (C=O) groups excluding carboxylic acids is 1. The molecule has 0 saturated carbocycles. The van der Waals surface area contributed by atoms with E-state index in [1.165, 1.54) is 25.7 Å². The van der Waals surface area contributed by atoms with Gasteiger partial charge in [-0.3, -0.25) is 4.79 Å². The first kappa shape index (κ1) is 47.8. The Morgan fingerprint density at radius 2 is 0.863 bits per heavy atom. The molecular formula is C47H75NO3. The predicted octanol–water partition coefficient (Wildman–Crippen LogP) is 12.6. The summed E-state index contributed by atoms with van der Waals surface area (Å²) in [6.45, 7) is 4.02. The lowest BCUT2D eigenvalue weighted by molar-refractivity contribution is -0.123. The van der Waals surface area contributed by atoms with Crippen LogP contribution in [0.3, 0.4) is 0 Å². The van der Waals surface area contributed by atoms with Crippen molar-refractivity contribution in [2.75, 3.05) is 6.61 Å². The number of aliphatic hydroxyl groups is 2. The summed E-state index contributed by atoms with van der Waals surface area (Å²) >= 11 is 0. The highest BCUT2D eigenvalue weighted by Crippen LogP contribution is 2.11. The van der Waals surface area contributed by atoms with E-state index in [1.54, 1.807) is 6.08 Å². The third-order valence-corrected chi connectivity index (χ3v) is 8.20. The van der Waals surface area contributed by atoms with Gasteiger partial charge < -0.3 is 15.5 Å². The van der Waals surface area contributed by atoms with E-state index in [0.29, 0.717) is 6.42 Å². The van der Waals surface area contributed by atoms with Crippen LogP contribution in [0.25, 0.3) is 0 Å². The second-order valence-electron chi connectivity index (χ2n) is 13.0. The van der Waals surface area contributed by atoms with Crippen LogP contribution in [-0.4, -0.2) is 34.9 Å². The van der Waals surface area contributed by atoms with E-state index in [0.717, 1.165) is 103 Å². The highest BCUT2D eigenvalue weighted by atomic mass is 16.3. The molecule has 0 bridgehead atoms. The fourth-order valence-corrected chi connectivity index (χ4v) is 5.09. The first-order valence-corrected chi connectivity index (χ1v) is 20.2. The average Bonchev–Trinajstić information content (AvgIpc) is 3.13. The maximum atomic E-state index is 12.2. The Balaban J connectivity index is 3.63. The number of aliphatic hydroxyl groups excluding tert-OH is 2. The zero-order valence-corrected chi connectivity index (χ0v) is 32.6. The van der Waals surface area contributed by atoms with Crippen LogP contribution in [-0.2, 0) is 4.79 Å². The molecule has 0 aliphatic carbocycles. The second-order valence-corrected chi connectivity index (χ2v) is 13.0. The van der Waals surface area contributed by atoms with Gasteiger partial charge in [0, 0.05) is 6.42 Å². The molecule has 0 rings (SSSR count). The van der Waals surface area contributed by atoms with Crippen LogP contribution in [0.2, 0.25) is 0 Å². The summed E-state index contributed by atoms with van der Waals surface area (Å²) in [5, 5.41) is 22.5. The lowest BCUT2D eigenvalue weighted by Crippen LogP contribution is -2.45. The summed E-state index contributed by atoms with van der Waals surface area (Å²) in [4.78, 5) is 12.2. The van der Waals surface area contributed by atoms with E-state index < -0.39 is 12.1 Å². The van der Waals surface area contributed by atoms with Crippen molar-refractivity contribution < 1.29 is 15.0 Å². The van der Waals surface area contributed by atoms with E-state index in [2.05, 4.69) is 129 Å². The Labute approximate surface area is 314 Å². The van der Waals surface area contributed by atoms with Crippen molar-refractivity contribution in [2.45, 2.75) is 161 Å². The molecule has 2 atom stereocenters. The molecule has 0 aromatic heterocycles. The molecule has 51 heavy (non-hydrogen) atoms. The molecule has 2 unspecified atom stereocenters. The fraction of sp³-hybridized carbons (Fsp3) is 0.553. The van der Waals surface area contributed by atoms with Gasteiger partial charge in [-0.25, -0.2) is 0 Å². The standard InChI is InChI=1S/C47H75NO3/c1-3-5-7-9-10-11-12-13-14-15-16-17-18-19-20-21-22-23-24-25-26-27-28-29-30-31-32-33-34-35-36-37-38-39-41-43-47(51)48-45(44-49)46(50)42-40-8-6-4-2/h5,7,10-11,13-14,16-17,19-20,22-23,25-26,28-29,31-32,40,42,45-46,49-50H,3-4,6,8-9,12,15,18,21,24,27,30,33-39,41,43-44H2,1-2H3,(H,48,51)/b7-5-,11-10-,14-13-,17-16-,20-19-,23-22-,26-25-,29-28-,32-31-,42-40+. The highest BCUT2D eigenvalue weighted by Gasteiger charge is 2.17. The monoisotopic (exact) mass is 702 g/mol. The minimum atomic E-state index is -0.847. The van der Waals surface area contributed by atoms with E-state index in [9.17, 15) is 15.0 Å². The summed E-state index contributed by atoms with van der Waals surface area (Å²) in [6, 6.07) is -0.632. The number of unbranched alkanes of at least 4 members (excludes halogenated alkanes) is 9. The summed E-state index contributed by atoms with van der Waals surface area (Å²) in [5.74, 6) is -0.0926. The highest BCUT2D eigenvalue weighted by molar-refractivity contribution is 5.76. The first-order valence-electron chi connectivity index (χ1n) is 20.2. The molecule has 3 N–H and O–H groups in total. The van der Waals surface area contributed by atoms with E-state index in [4.69, 9.17) is 0 Å². The molecule has 1 amide bonds. The van der Waals surface area contributed by atoms with Crippen molar-refractivity contribution in [3.05, 3.63) is 122 Å². The SMILES string of the molecule is CC/C=C\C/C=C\C/C=C\C/C=C\C/C=C\C/C=C\C/C=C\C/C=C\C/C=C\CCCCCCCCCC(=O)NC(CO)C(O)/C=C/CCCC. The van der Waals surface area contributed by atoms with Crippen LogP contribution >= 0.6 is 0 Å². The quantitative estimate of drug-likeness (QED) is 0.0462. The van der Waals surface area contributed by atoms with Gasteiger partial charge in [-0.05, 0) is 83.5 Å². The smallest absolute Gasteiger partial charge is 0.220 e. The van der Waals surface area contributed by atoms with Gasteiger partial charge in [-0.15, -0.1) is 0 Å². The maximum Gasteiger partial charge on any atom is 0.220 e. The van der Waals surface area contributed by atoms with Crippen LogP contribution in [0.4, 0.5) is 0 Å². The molecule has 4 heteroatoms. The van der Waals surface area contributed by atoms with E-state index in [1.807, 2.05) is 6.08 Å². The molecule has 0 heterocycles. The van der Waals surface area contributed by atoms with Gasteiger partial charge in [0.2, 0.25) is 5.91 Å². The zero-order valence-electron chi connectivity index (χ0n) is 32.6. The van der Waals surface area contributed by atoms with Gasteiger partial charge in [-0.1, -0.05) is 180 Å². The van der Waals surface area contributed by atoms with E-state index in [-0.39, 0.29) is 12.5 Å². The third-order valence-electron chi connectivity index (χ3n) is 8.20. The molecule has 0 aliphatic heterocycles. The van der Waals surface area contributed by atoms with Gasteiger partial charge in [-0.2, -0.15) is 0 Å². The molecule has 0 aromatic rings. The van der Waals surface area contributed by atoms with E-state index >= 15 is 0 Å². The molecule has 0 aromatic carbocycles. The number of rotatable bonds is 34. The minimum absolute atomic E-state index is 0.0926. The fourth-order valence-electron chi connectivity index (χ4n) is 5.09. The number of hydrogen-bond donors (Lipinski definition) is 3. The lowest BCUT2D eigenvalue weighted by atomic mass is 10.1. The number of nitrogens with one attached hydrogen (secondary N) is 1. The third kappa shape index (κ3) is 37.9. The molecule has 0 aliphatic rings. The Morgan fingerprint density at radius 1 is 0.490 bits per heavy atom. The van der Waals surface area contributed by atoms with Crippen molar-refractivity contribution in [2.24, 2.45) is 0 Å². The molecule has 286 valence electrons. The van der Waals surface area contributed by atoms with Gasteiger partial charge in [0.1, 0.15) is 0 Å². The topological polar surface area (TPSA) is 69.6 Å². The number of allylic oxidation sites excluding steroid dienone is 19.